The zero-order valence-electron chi connectivity index (χ0n) is 17.7. The van der Waals surface area contributed by atoms with Crippen LogP contribution < -0.4 is 22.1 Å². The first-order valence-corrected chi connectivity index (χ1v) is 10.4. The van der Waals surface area contributed by atoms with Crippen LogP contribution in [-0.2, 0) is 16.8 Å². The third-order valence-electron chi connectivity index (χ3n) is 5.07. The van der Waals surface area contributed by atoms with Crippen molar-refractivity contribution in [3.8, 4) is 0 Å². The van der Waals surface area contributed by atoms with Crippen molar-refractivity contribution in [3.05, 3.63) is 76.3 Å². The molecule has 1 heterocycles. The molecule has 0 aliphatic rings. The quantitative estimate of drug-likeness (QED) is 0.314. The van der Waals surface area contributed by atoms with E-state index in [-0.39, 0.29) is 5.68 Å². The van der Waals surface area contributed by atoms with Gasteiger partial charge in [0, 0.05) is 12.1 Å². The molecule has 1 atom stereocenters. The minimum Gasteiger partial charge on any atom is -0.432 e. The topological polar surface area (TPSA) is 101 Å². The van der Waals surface area contributed by atoms with E-state index in [1.807, 2.05) is 56.3 Å². The number of para-hydroxylation sites is 1. The van der Waals surface area contributed by atoms with Crippen molar-refractivity contribution >= 4 is 40.3 Å². The number of halogens is 1. The summed E-state index contributed by atoms with van der Waals surface area (Å²) in [5.41, 5.74) is 9.75. The van der Waals surface area contributed by atoms with E-state index in [4.69, 9.17) is 44.1 Å². The summed E-state index contributed by atoms with van der Waals surface area (Å²) in [4.78, 5) is 0. The summed E-state index contributed by atoms with van der Waals surface area (Å²) in [7, 11) is 1.64. The first kappa shape index (κ1) is 22.9. The minimum atomic E-state index is -0.597. The number of benzene rings is 2. The first-order chi connectivity index (χ1) is 14.7. The monoisotopic (exact) mass is 459 g/mol. The van der Waals surface area contributed by atoms with Gasteiger partial charge in [0.15, 0.2) is 5.11 Å². The summed E-state index contributed by atoms with van der Waals surface area (Å²) in [6, 6.07) is 13.2. The Morgan fingerprint density at radius 2 is 2.06 bits per heavy atom. The predicted octanol–water partition coefficient (Wildman–Crippen LogP) is 4.00. The van der Waals surface area contributed by atoms with Gasteiger partial charge in [-0.05, 0) is 55.4 Å². The average molecular weight is 460 g/mol. The van der Waals surface area contributed by atoms with E-state index in [2.05, 4.69) is 10.6 Å². The fraction of sp³-hybridized carbons (Fsp3) is 0.273. The van der Waals surface area contributed by atoms with E-state index in [1.165, 1.54) is 0 Å². The molecule has 9 heteroatoms. The van der Waals surface area contributed by atoms with Crippen molar-refractivity contribution in [1.82, 2.24) is 9.88 Å². The fourth-order valence-electron chi connectivity index (χ4n) is 3.37. The molecule has 31 heavy (non-hydrogen) atoms. The molecule has 0 aliphatic carbocycles. The molecule has 0 radical (unpaired) electrons. The second-order valence-electron chi connectivity index (χ2n) is 7.50. The maximum absolute atomic E-state index is 7.90. The highest BCUT2D eigenvalue weighted by atomic mass is 35.5. The van der Waals surface area contributed by atoms with Gasteiger partial charge in [0.05, 0.1) is 35.8 Å². The van der Waals surface area contributed by atoms with E-state index in [1.54, 1.807) is 17.9 Å². The number of aryl methyl sites for hydroxylation is 1. The minimum absolute atomic E-state index is 0.0734. The van der Waals surface area contributed by atoms with Crippen LogP contribution in [0.15, 0.2) is 53.1 Å². The predicted molar refractivity (Wildman–Crippen MR) is 127 cm³/mol. The van der Waals surface area contributed by atoms with Gasteiger partial charge in [-0.15, -0.1) is 0 Å². The maximum atomic E-state index is 7.90. The molecular weight excluding hydrogens is 434 g/mol. The van der Waals surface area contributed by atoms with Crippen molar-refractivity contribution in [2.24, 2.45) is 0 Å². The highest BCUT2D eigenvalue weighted by Crippen LogP contribution is 2.26. The van der Waals surface area contributed by atoms with Crippen molar-refractivity contribution in [3.63, 3.8) is 0 Å². The number of nitrogens with zero attached hydrogens (tertiary/aromatic N) is 1. The van der Waals surface area contributed by atoms with Gasteiger partial charge in [0.25, 0.3) is 5.68 Å². The lowest BCUT2D eigenvalue weighted by Gasteiger charge is -2.32. The van der Waals surface area contributed by atoms with Crippen LogP contribution >= 0.6 is 23.8 Å². The summed E-state index contributed by atoms with van der Waals surface area (Å²) in [5, 5.41) is 15.5. The van der Waals surface area contributed by atoms with Gasteiger partial charge >= 0.3 is 0 Å². The zero-order chi connectivity index (χ0) is 22.6. The normalized spacial score (nSPS) is 12.9. The first-order valence-electron chi connectivity index (χ1n) is 9.64. The van der Waals surface area contributed by atoms with Crippen LogP contribution in [0.25, 0.3) is 0 Å². The second-order valence-corrected chi connectivity index (χ2v) is 8.35. The number of rotatable bonds is 7. The number of anilines is 2. The summed E-state index contributed by atoms with van der Waals surface area (Å²) in [5.74, 6) is 0. The highest BCUT2D eigenvalue weighted by Gasteiger charge is 2.28. The summed E-state index contributed by atoms with van der Waals surface area (Å²) in [6.07, 6.45) is 1.55. The molecule has 0 fully saturated rings. The van der Waals surface area contributed by atoms with Crippen molar-refractivity contribution in [1.29, 1.82) is 5.41 Å². The number of oxazole rings is 1. The Morgan fingerprint density at radius 3 is 2.71 bits per heavy atom. The van der Waals surface area contributed by atoms with Gasteiger partial charge in [-0.3, -0.25) is 9.98 Å². The number of hydrogen-bond acceptors (Lipinski definition) is 5. The van der Waals surface area contributed by atoms with Crippen molar-refractivity contribution < 1.29 is 9.15 Å². The highest BCUT2D eigenvalue weighted by molar-refractivity contribution is 7.80. The largest absolute Gasteiger partial charge is 0.432 e. The molecule has 2 aromatic carbocycles. The smallest absolute Gasteiger partial charge is 0.294 e. The van der Waals surface area contributed by atoms with Crippen molar-refractivity contribution in [2.75, 3.05) is 24.8 Å². The van der Waals surface area contributed by atoms with Gasteiger partial charge in [-0.2, -0.15) is 0 Å². The maximum Gasteiger partial charge on any atom is 0.294 e. The van der Waals surface area contributed by atoms with Crippen LogP contribution in [0, 0.1) is 12.3 Å². The van der Waals surface area contributed by atoms with Crippen LogP contribution in [0.3, 0.4) is 0 Å². The Morgan fingerprint density at radius 1 is 1.32 bits per heavy atom. The van der Waals surface area contributed by atoms with Crippen LogP contribution in [0.4, 0.5) is 11.4 Å². The second kappa shape index (κ2) is 9.55. The third-order valence-corrected chi connectivity index (χ3v) is 5.51. The summed E-state index contributed by atoms with van der Waals surface area (Å²) >= 11 is 11.8. The molecule has 0 saturated carbocycles. The molecule has 0 bridgehead atoms. The van der Waals surface area contributed by atoms with Gasteiger partial charge < -0.3 is 25.5 Å². The Hall–Kier alpha value is -2.81. The third kappa shape index (κ3) is 5.28. The average Bonchev–Trinajstić information content (AvgIpc) is 3.03. The summed E-state index contributed by atoms with van der Waals surface area (Å²) in [6.45, 7) is 4.68. The van der Waals surface area contributed by atoms with E-state index in [0.717, 1.165) is 16.8 Å². The van der Waals surface area contributed by atoms with Gasteiger partial charge in [-0.25, -0.2) is 0 Å². The van der Waals surface area contributed by atoms with Gasteiger partial charge in [-0.1, -0.05) is 35.9 Å². The standard InChI is InChI=1S/C22H26ClN5O2S/c1-14-12-30-20(25)28(14)11-15-6-4-9-18(19(15)24)26-21(31)27-22(2,13-29-3)16-7-5-8-17(23)10-16/h4-10,12,25H,11,13,24H2,1-3H3,(H2,26,27,31). The molecule has 0 spiro atoms. The molecule has 3 aromatic rings. The lowest BCUT2D eigenvalue weighted by molar-refractivity contribution is 0.130. The molecule has 3 rings (SSSR count). The lowest BCUT2D eigenvalue weighted by atomic mass is 9.93. The van der Waals surface area contributed by atoms with Crippen LogP contribution in [-0.4, -0.2) is 23.4 Å². The molecule has 7 nitrogen and oxygen atoms in total. The van der Waals surface area contributed by atoms with E-state index in [9.17, 15) is 0 Å². The summed E-state index contributed by atoms with van der Waals surface area (Å²) < 4.78 is 12.3. The SMILES string of the molecule is COCC(C)(NC(=S)Nc1cccc(Cn2c(C)coc2=N)c1N)c1cccc(Cl)c1. The molecule has 1 unspecified atom stereocenters. The Labute approximate surface area is 191 Å². The number of hydrogen-bond donors (Lipinski definition) is 4. The van der Waals surface area contributed by atoms with E-state index < -0.39 is 5.54 Å². The molecule has 164 valence electrons. The van der Waals surface area contributed by atoms with Gasteiger partial charge in [0.2, 0.25) is 0 Å². The van der Waals surface area contributed by atoms with Crippen molar-refractivity contribution in [2.45, 2.75) is 25.9 Å². The van der Waals surface area contributed by atoms with Gasteiger partial charge in [0.1, 0.15) is 6.26 Å². The number of methoxy groups -OCH3 is 1. The lowest BCUT2D eigenvalue weighted by Crippen LogP contribution is -2.48. The number of nitrogen functional groups attached to an aromatic ring is 1. The van der Waals surface area contributed by atoms with Crippen LogP contribution in [0.1, 0.15) is 23.7 Å². The molecule has 0 saturated heterocycles. The van der Waals surface area contributed by atoms with Crippen LogP contribution in [0.2, 0.25) is 5.02 Å². The molecule has 5 N–H and O–H groups in total. The number of ether oxygens (including phenoxy) is 1. The Kier molecular flexibility index (Phi) is 7.04. The van der Waals surface area contributed by atoms with E-state index in [0.29, 0.717) is 34.7 Å². The fourth-order valence-corrected chi connectivity index (χ4v) is 3.90. The number of nitrogens with one attached hydrogen (secondary N) is 3. The molecule has 0 aliphatic heterocycles. The molecule has 0 amide bonds. The van der Waals surface area contributed by atoms with Crippen LogP contribution in [0.5, 0.6) is 0 Å². The number of thiocarbonyl (C=S) groups is 1. The Bertz CT molecular complexity index is 1140. The number of nitrogens with two attached hydrogens (primary N) is 1. The molecular formula is C22H26ClN5O2S. The van der Waals surface area contributed by atoms with E-state index >= 15 is 0 Å². The Balaban J connectivity index is 1.80. The number of aromatic nitrogens is 1. The zero-order valence-corrected chi connectivity index (χ0v) is 19.2. The molecule has 1 aromatic heterocycles.